The minimum atomic E-state index is -3.25. The van der Waals surface area contributed by atoms with Crippen LogP contribution in [0.2, 0.25) is 0 Å². The molecule has 2 heterocycles. The molecule has 0 saturated carbocycles. The van der Waals surface area contributed by atoms with E-state index in [2.05, 4.69) is 4.98 Å². The third kappa shape index (κ3) is 2.13. The topological polar surface area (TPSA) is 51.4 Å². The number of aromatic nitrogens is 2. The first kappa shape index (κ1) is 11.9. The van der Waals surface area contributed by atoms with E-state index in [0.717, 1.165) is 11.2 Å². The van der Waals surface area contributed by atoms with Gasteiger partial charge in [-0.05, 0) is 23.8 Å². The first-order valence-corrected chi connectivity index (χ1v) is 7.67. The summed E-state index contributed by atoms with van der Waals surface area (Å²) in [4.78, 5) is 4.55. The van der Waals surface area contributed by atoms with Crippen molar-refractivity contribution in [3.63, 3.8) is 0 Å². The summed E-state index contributed by atoms with van der Waals surface area (Å²) in [5, 5.41) is 0. The Kier molecular flexibility index (Phi) is 2.64. The molecular formula is C14H12N2O2S. The SMILES string of the molecule is CS(=O)(=O)c1ccccc1-c1ccn2ccnc2c1. The minimum Gasteiger partial charge on any atom is -0.307 e. The molecule has 0 spiro atoms. The molecule has 0 unspecified atom stereocenters. The second-order valence-electron chi connectivity index (χ2n) is 4.38. The van der Waals surface area contributed by atoms with Gasteiger partial charge in [-0.3, -0.25) is 0 Å². The van der Waals surface area contributed by atoms with E-state index in [-0.39, 0.29) is 0 Å². The van der Waals surface area contributed by atoms with E-state index in [1.165, 1.54) is 6.26 Å². The summed E-state index contributed by atoms with van der Waals surface area (Å²) in [6.45, 7) is 0. The number of nitrogens with zero attached hydrogens (tertiary/aromatic N) is 2. The largest absolute Gasteiger partial charge is 0.307 e. The zero-order valence-corrected chi connectivity index (χ0v) is 11.1. The lowest BCUT2D eigenvalue weighted by atomic mass is 10.1. The molecule has 4 nitrogen and oxygen atoms in total. The van der Waals surface area contributed by atoms with Crippen LogP contribution >= 0.6 is 0 Å². The average molecular weight is 272 g/mol. The first-order chi connectivity index (χ1) is 9.05. The molecule has 0 bridgehead atoms. The highest BCUT2D eigenvalue weighted by Crippen LogP contribution is 2.27. The van der Waals surface area contributed by atoms with Crippen LogP contribution in [0, 0.1) is 0 Å². The van der Waals surface area contributed by atoms with Gasteiger partial charge in [-0.25, -0.2) is 13.4 Å². The first-order valence-electron chi connectivity index (χ1n) is 5.78. The standard InChI is InChI=1S/C14H12N2O2S/c1-19(17,18)13-5-3-2-4-12(13)11-6-8-16-9-7-15-14(16)10-11/h2-10H,1H3. The molecule has 0 radical (unpaired) electrons. The Bertz CT molecular complexity index is 851. The Morgan fingerprint density at radius 2 is 1.89 bits per heavy atom. The molecule has 5 heteroatoms. The number of rotatable bonds is 2. The lowest BCUT2D eigenvalue weighted by Crippen LogP contribution is -1.99. The molecular weight excluding hydrogens is 260 g/mol. The highest BCUT2D eigenvalue weighted by atomic mass is 32.2. The van der Waals surface area contributed by atoms with Gasteiger partial charge in [0.25, 0.3) is 0 Å². The zero-order valence-electron chi connectivity index (χ0n) is 10.3. The minimum absolute atomic E-state index is 0.339. The van der Waals surface area contributed by atoms with E-state index in [9.17, 15) is 8.42 Å². The zero-order chi connectivity index (χ0) is 13.5. The highest BCUT2D eigenvalue weighted by molar-refractivity contribution is 7.90. The van der Waals surface area contributed by atoms with Gasteiger partial charge in [-0.15, -0.1) is 0 Å². The summed E-state index contributed by atoms with van der Waals surface area (Å²) >= 11 is 0. The number of hydrogen-bond acceptors (Lipinski definition) is 3. The molecule has 0 saturated heterocycles. The number of imidazole rings is 1. The van der Waals surface area contributed by atoms with Gasteiger partial charge in [0.2, 0.25) is 0 Å². The van der Waals surface area contributed by atoms with Gasteiger partial charge in [-0.2, -0.15) is 0 Å². The highest BCUT2D eigenvalue weighted by Gasteiger charge is 2.14. The maximum absolute atomic E-state index is 11.8. The van der Waals surface area contributed by atoms with Crippen molar-refractivity contribution in [3.05, 3.63) is 55.0 Å². The van der Waals surface area contributed by atoms with Crippen LogP contribution < -0.4 is 0 Å². The van der Waals surface area contributed by atoms with Crippen molar-refractivity contribution < 1.29 is 8.42 Å². The van der Waals surface area contributed by atoms with Crippen molar-refractivity contribution >= 4 is 15.5 Å². The monoisotopic (exact) mass is 272 g/mol. The van der Waals surface area contributed by atoms with Crippen LogP contribution in [0.25, 0.3) is 16.8 Å². The van der Waals surface area contributed by atoms with E-state index in [1.54, 1.807) is 18.3 Å². The molecule has 19 heavy (non-hydrogen) atoms. The van der Waals surface area contributed by atoms with Gasteiger partial charge in [0, 0.05) is 30.4 Å². The van der Waals surface area contributed by atoms with E-state index < -0.39 is 9.84 Å². The molecule has 1 aromatic carbocycles. The van der Waals surface area contributed by atoms with Crippen LogP contribution in [-0.2, 0) is 9.84 Å². The van der Waals surface area contributed by atoms with Gasteiger partial charge in [0.15, 0.2) is 9.84 Å². The lowest BCUT2D eigenvalue weighted by Gasteiger charge is -2.08. The lowest BCUT2D eigenvalue weighted by molar-refractivity contribution is 0.602. The third-order valence-corrected chi connectivity index (χ3v) is 4.15. The summed E-state index contributed by atoms with van der Waals surface area (Å²) in [5.41, 5.74) is 2.34. The Hall–Kier alpha value is -2.14. The quantitative estimate of drug-likeness (QED) is 0.720. The van der Waals surface area contributed by atoms with Gasteiger partial charge in [0.1, 0.15) is 5.65 Å². The van der Waals surface area contributed by atoms with E-state index in [1.807, 2.05) is 41.1 Å². The molecule has 0 aliphatic rings. The number of sulfone groups is 1. The summed E-state index contributed by atoms with van der Waals surface area (Å²) in [5.74, 6) is 0. The van der Waals surface area contributed by atoms with Crippen molar-refractivity contribution in [1.29, 1.82) is 0 Å². The second kappa shape index (κ2) is 4.20. The normalized spacial score (nSPS) is 11.8. The molecule has 0 N–H and O–H groups in total. The van der Waals surface area contributed by atoms with Crippen molar-refractivity contribution in [2.45, 2.75) is 4.90 Å². The Morgan fingerprint density at radius 3 is 2.68 bits per heavy atom. The van der Waals surface area contributed by atoms with Crippen LogP contribution in [-0.4, -0.2) is 24.1 Å². The molecule has 96 valence electrons. The fraction of sp³-hybridized carbons (Fsp3) is 0.0714. The Balaban J connectivity index is 2.27. The van der Waals surface area contributed by atoms with Crippen LogP contribution in [0.1, 0.15) is 0 Å². The maximum atomic E-state index is 11.8. The summed E-state index contributed by atoms with van der Waals surface area (Å²) in [6, 6.07) is 10.8. The number of pyridine rings is 1. The predicted molar refractivity (Wildman–Crippen MR) is 73.7 cm³/mol. The summed E-state index contributed by atoms with van der Waals surface area (Å²) in [6.07, 6.45) is 6.65. The number of benzene rings is 1. The number of hydrogen-bond donors (Lipinski definition) is 0. The molecule has 0 atom stereocenters. The Morgan fingerprint density at radius 1 is 1.11 bits per heavy atom. The molecule has 0 aliphatic carbocycles. The molecule has 3 rings (SSSR count). The fourth-order valence-corrected chi connectivity index (χ4v) is 3.02. The van der Waals surface area contributed by atoms with Crippen LogP contribution in [0.5, 0.6) is 0 Å². The number of fused-ring (bicyclic) bond motifs is 1. The summed E-state index contributed by atoms with van der Waals surface area (Å²) < 4.78 is 25.5. The van der Waals surface area contributed by atoms with Crippen molar-refractivity contribution in [2.75, 3.05) is 6.26 Å². The average Bonchev–Trinajstić information content (AvgIpc) is 2.85. The smallest absolute Gasteiger partial charge is 0.176 e. The fourth-order valence-electron chi connectivity index (χ4n) is 2.11. The van der Waals surface area contributed by atoms with Crippen LogP contribution in [0.15, 0.2) is 59.9 Å². The van der Waals surface area contributed by atoms with E-state index in [4.69, 9.17) is 0 Å². The van der Waals surface area contributed by atoms with Gasteiger partial charge >= 0.3 is 0 Å². The van der Waals surface area contributed by atoms with Crippen molar-refractivity contribution in [3.8, 4) is 11.1 Å². The maximum Gasteiger partial charge on any atom is 0.176 e. The Labute approximate surface area is 111 Å². The molecule has 3 aromatic rings. The predicted octanol–water partition coefficient (Wildman–Crippen LogP) is 2.40. The van der Waals surface area contributed by atoms with Crippen LogP contribution in [0.4, 0.5) is 0 Å². The van der Waals surface area contributed by atoms with Gasteiger partial charge < -0.3 is 4.40 Å². The third-order valence-electron chi connectivity index (χ3n) is 3.00. The molecule has 0 fully saturated rings. The van der Waals surface area contributed by atoms with Gasteiger partial charge in [0.05, 0.1) is 4.90 Å². The molecule has 0 amide bonds. The van der Waals surface area contributed by atoms with E-state index >= 15 is 0 Å². The van der Waals surface area contributed by atoms with Gasteiger partial charge in [-0.1, -0.05) is 18.2 Å². The van der Waals surface area contributed by atoms with Crippen molar-refractivity contribution in [2.24, 2.45) is 0 Å². The molecule has 0 aliphatic heterocycles. The van der Waals surface area contributed by atoms with Crippen molar-refractivity contribution in [1.82, 2.24) is 9.38 Å². The molecule has 2 aromatic heterocycles. The van der Waals surface area contributed by atoms with Crippen LogP contribution in [0.3, 0.4) is 0 Å². The second-order valence-corrected chi connectivity index (χ2v) is 6.36. The summed E-state index contributed by atoms with van der Waals surface area (Å²) in [7, 11) is -3.25. The van der Waals surface area contributed by atoms with E-state index in [0.29, 0.717) is 10.5 Å².